The van der Waals surface area contributed by atoms with Crippen LogP contribution in [0.5, 0.6) is 0 Å². The molecule has 0 bridgehead atoms. The molecule has 132 valence electrons. The Hall–Kier alpha value is -2.30. The molecule has 1 N–H and O–H groups in total. The Labute approximate surface area is 145 Å². The van der Waals surface area contributed by atoms with Gasteiger partial charge in [0.25, 0.3) is 5.91 Å². The van der Waals surface area contributed by atoms with E-state index in [1.54, 1.807) is 6.92 Å². The third-order valence-electron chi connectivity index (χ3n) is 4.70. The van der Waals surface area contributed by atoms with Crippen molar-refractivity contribution in [3.05, 3.63) is 70.3 Å². The van der Waals surface area contributed by atoms with Crippen molar-refractivity contribution in [1.82, 2.24) is 5.32 Å². The van der Waals surface area contributed by atoms with E-state index in [2.05, 4.69) is 17.4 Å². The SMILES string of the molecule is CC(NC(=O)c1ccccc1C(F)(F)F)c1ccc2c(c1)CCCC2. The Morgan fingerprint density at radius 2 is 1.72 bits per heavy atom. The van der Waals surface area contributed by atoms with Gasteiger partial charge in [0.1, 0.15) is 0 Å². The number of amides is 1. The van der Waals surface area contributed by atoms with E-state index >= 15 is 0 Å². The number of halogens is 3. The van der Waals surface area contributed by atoms with E-state index in [1.165, 1.54) is 35.7 Å². The largest absolute Gasteiger partial charge is 0.417 e. The molecule has 1 unspecified atom stereocenters. The van der Waals surface area contributed by atoms with Crippen molar-refractivity contribution in [3.63, 3.8) is 0 Å². The minimum atomic E-state index is -4.55. The highest BCUT2D eigenvalue weighted by Crippen LogP contribution is 2.32. The number of hydrogen-bond acceptors (Lipinski definition) is 1. The molecule has 1 amide bonds. The average Bonchev–Trinajstić information content (AvgIpc) is 2.60. The molecule has 0 aromatic heterocycles. The summed E-state index contributed by atoms with van der Waals surface area (Å²) in [4.78, 5) is 12.4. The molecule has 25 heavy (non-hydrogen) atoms. The van der Waals surface area contributed by atoms with E-state index < -0.39 is 17.6 Å². The zero-order valence-corrected chi connectivity index (χ0v) is 14.0. The van der Waals surface area contributed by atoms with Crippen LogP contribution in [0, 0.1) is 0 Å². The van der Waals surface area contributed by atoms with Crippen molar-refractivity contribution in [2.75, 3.05) is 0 Å². The summed E-state index contributed by atoms with van der Waals surface area (Å²) >= 11 is 0. The van der Waals surface area contributed by atoms with Crippen LogP contribution < -0.4 is 5.32 Å². The second-order valence-corrected chi connectivity index (χ2v) is 6.47. The number of hydrogen-bond donors (Lipinski definition) is 1. The van der Waals surface area contributed by atoms with Crippen molar-refractivity contribution in [1.29, 1.82) is 0 Å². The first-order valence-corrected chi connectivity index (χ1v) is 8.45. The van der Waals surface area contributed by atoms with Gasteiger partial charge in [-0.15, -0.1) is 0 Å². The van der Waals surface area contributed by atoms with E-state index in [-0.39, 0.29) is 11.6 Å². The molecule has 1 atom stereocenters. The van der Waals surface area contributed by atoms with Crippen molar-refractivity contribution in [3.8, 4) is 0 Å². The van der Waals surface area contributed by atoms with Crippen molar-refractivity contribution >= 4 is 5.91 Å². The lowest BCUT2D eigenvalue weighted by Gasteiger charge is -2.20. The average molecular weight is 347 g/mol. The fourth-order valence-corrected chi connectivity index (χ4v) is 3.31. The van der Waals surface area contributed by atoms with Gasteiger partial charge in [0, 0.05) is 0 Å². The summed E-state index contributed by atoms with van der Waals surface area (Å²) in [5, 5.41) is 2.69. The highest BCUT2D eigenvalue weighted by atomic mass is 19.4. The number of carbonyl (C=O) groups is 1. The lowest BCUT2D eigenvalue weighted by Crippen LogP contribution is -2.29. The van der Waals surface area contributed by atoms with Crippen LogP contribution in [0.2, 0.25) is 0 Å². The summed E-state index contributed by atoms with van der Waals surface area (Å²) in [5.74, 6) is -0.710. The summed E-state index contributed by atoms with van der Waals surface area (Å²) in [6.45, 7) is 1.79. The van der Waals surface area contributed by atoms with E-state index in [1.807, 2.05) is 6.07 Å². The van der Waals surface area contributed by atoms with Crippen LogP contribution in [0.15, 0.2) is 42.5 Å². The van der Waals surface area contributed by atoms with Gasteiger partial charge in [-0.25, -0.2) is 0 Å². The number of rotatable bonds is 3. The molecule has 0 spiro atoms. The van der Waals surface area contributed by atoms with E-state index in [9.17, 15) is 18.0 Å². The third-order valence-corrected chi connectivity index (χ3v) is 4.70. The Kier molecular flexibility index (Phi) is 4.84. The van der Waals surface area contributed by atoms with Gasteiger partial charge >= 0.3 is 6.18 Å². The molecule has 0 fully saturated rings. The molecule has 1 aliphatic carbocycles. The lowest BCUT2D eigenvalue weighted by molar-refractivity contribution is -0.137. The molecule has 0 saturated carbocycles. The van der Waals surface area contributed by atoms with Crippen LogP contribution in [0.25, 0.3) is 0 Å². The molecule has 2 nitrogen and oxygen atoms in total. The predicted octanol–water partition coefficient (Wildman–Crippen LogP) is 5.08. The Morgan fingerprint density at radius 1 is 1.04 bits per heavy atom. The molecular formula is C20H20F3NO. The quantitative estimate of drug-likeness (QED) is 0.825. The summed E-state index contributed by atoms with van der Waals surface area (Å²) in [6, 6.07) is 10.6. The van der Waals surface area contributed by atoms with Gasteiger partial charge < -0.3 is 5.32 Å². The normalized spacial score (nSPS) is 15.4. The van der Waals surface area contributed by atoms with E-state index in [0.717, 1.165) is 30.9 Å². The second kappa shape index (κ2) is 6.90. The van der Waals surface area contributed by atoms with Gasteiger partial charge in [-0.2, -0.15) is 13.2 Å². The molecule has 2 aromatic rings. The predicted molar refractivity (Wildman–Crippen MR) is 90.4 cm³/mol. The topological polar surface area (TPSA) is 29.1 Å². The molecule has 3 rings (SSSR count). The number of aryl methyl sites for hydroxylation is 2. The standard InChI is InChI=1S/C20H20F3NO/c1-13(15-11-10-14-6-2-3-7-16(14)12-15)24-19(25)17-8-4-5-9-18(17)20(21,22)23/h4-5,8-13H,2-3,6-7H2,1H3,(H,24,25). The minimum absolute atomic E-state index is 0.347. The first-order chi connectivity index (χ1) is 11.9. The summed E-state index contributed by atoms with van der Waals surface area (Å²) in [6.07, 6.45) is -0.137. The van der Waals surface area contributed by atoms with Gasteiger partial charge in [-0.1, -0.05) is 30.3 Å². The zero-order chi connectivity index (χ0) is 18.0. The first kappa shape index (κ1) is 17.5. The third kappa shape index (κ3) is 3.86. The van der Waals surface area contributed by atoms with Crippen LogP contribution in [-0.2, 0) is 19.0 Å². The number of carbonyl (C=O) groups excluding carboxylic acids is 1. The smallest absolute Gasteiger partial charge is 0.346 e. The monoisotopic (exact) mass is 347 g/mol. The number of alkyl halides is 3. The van der Waals surface area contributed by atoms with Crippen LogP contribution in [0.4, 0.5) is 13.2 Å². The summed E-state index contributed by atoms with van der Waals surface area (Å²) in [5.41, 5.74) is 2.26. The fraction of sp³-hybridized carbons (Fsp3) is 0.350. The van der Waals surface area contributed by atoms with Crippen LogP contribution in [-0.4, -0.2) is 5.91 Å². The van der Waals surface area contributed by atoms with Gasteiger partial charge in [-0.05, 0) is 61.4 Å². The van der Waals surface area contributed by atoms with Crippen LogP contribution in [0.3, 0.4) is 0 Å². The highest BCUT2D eigenvalue weighted by molar-refractivity contribution is 5.96. The number of benzene rings is 2. The molecule has 0 heterocycles. The summed E-state index contributed by atoms with van der Waals surface area (Å²) in [7, 11) is 0. The van der Waals surface area contributed by atoms with Crippen molar-refractivity contribution in [2.24, 2.45) is 0 Å². The Morgan fingerprint density at radius 3 is 2.44 bits per heavy atom. The number of fused-ring (bicyclic) bond motifs is 1. The minimum Gasteiger partial charge on any atom is -0.346 e. The lowest BCUT2D eigenvalue weighted by atomic mass is 9.89. The molecule has 5 heteroatoms. The van der Waals surface area contributed by atoms with E-state index in [0.29, 0.717) is 0 Å². The molecule has 1 aliphatic rings. The van der Waals surface area contributed by atoms with Gasteiger partial charge in [0.2, 0.25) is 0 Å². The van der Waals surface area contributed by atoms with Crippen LogP contribution in [0.1, 0.15) is 58.4 Å². The fourth-order valence-electron chi connectivity index (χ4n) is 3.31. The Balaban J connectivity index is 1.80. The van der Waals surface area contributed by atoms with Gasteiger partial charge in [0.05, 0.1) is 17.2 Å². The Bertz CT molecular complexity index is 783. The molecule has 0 saturated heterocycles. The van der Waals surface area contributed by atoms with Gasteiger partial charge in [0.15, 0.2) is 0 Å². The zero-order valence-electron chi connectivity index (χ0n) is 14.0. The maximum absolute atomic E-state index is 13.1. The van der Waals surface area contributed by atoms with Gasteiger partial charge in [-0.3, -0.25) is 4.79 Å². The van der Waals surface area contributed by atoms with Crippen molar-refractivity contribution in [2.45, 2.75) is 44.8 Å². The number of nitrogens with one attached hydrogen (secondary N) is 1. The molecular weight excluding hydrogens is 327 g/mol. The van der Waals surface area contributed by atoms with Crippen LogP contribution >= 0.6 is 0 Å². The summed E-state index contributed by atoms with van der Waals surface area (Å²) < 4.78 is 39.2. The maximum atomic E-state index is 13.1. The molecule has 2 aromatic carbocycles. The van der Waals surface area contributed by atoms with E-state index in [4.69, 9.17) is 0 Å². The van der Waals surface area contributed by atoms with Crippen molar-refractivity contribution < 1.29 is 18.0 Å². The highest BCUT2D eigenvalue weighted by Gasteiger charge is 2.35. The second-order valence-electron chi connectivity index (χ2n) is 6.47. The first-order valence-electron chi connectivity index (χ1n) is 8.45. The molecule has 0 aliphatic heterocycles. The molecule has 0 radical (unpaired) electrons. The maximum Gasteiger partial charge on any atom is 0.417 e.